The first-order valence-electron chi connectivity index (χ1n) is 17.5. The number of H-pyrrole nitrogens is 1. The van der Waals surface area contributed by atoms with Gasteiger partial charge in [-0.05, 0) is 132 Å². The average Bonchev–Trinajstić information content (AvgIpc) is 3.54. The highest BCUT2D eigenvalue weighted by molar-refractivity contribution is 5.93. The number of fused-ring (bicyclic) bond motifs is 12. The fourth-order valence-electron chi connectivity index (χ4n) is 11.4. The highest BCUT2D eigenvalue weighted by Crippen LogP contribution is 2.69. The second-order valence-corrected chi connectivity index (χ2v) is 17.6. The van der Waals surface area contributed by atoms with Crippen LogP contribution in [0.4, 0.5) is 0 Å². The number of ether oxygens (including phenoxy) is 3. The minimum Gasteiger partial charge on any atom is -0.455 e. The molecule has 254 valence electrons. The van der Waals surface area contributed by atoms with Crippen LogP contribution in [0.2, 0.25) is 0 Å². The fourth-order valence-corrected chi connectivity index (χ4v) is 11.4. The number of carbonyl (C=O) groups is 1. The Bertz CT molecular complexity index is 1770. The van der Waals surface area contributed by atoms with E-state index in [-0.39, 0.29) is 17.4 Å². The molecule has 1 aromatic heterocycles. The Morgan fingerprint density at radius 1 is 1.09 bits per heavy atom. The maximum atomic E-state index is 13.0. The Balaban J connectivity index is 1.24. The number of rotatable bonds is 2. The number of hydrogen-bond acceptors (Lipinski definition) is 7. The van der Waals surface area contributed by atoms with Crippen LogP contribution in [0.15, 0.2) is 29.9 Å². The molecule has 0 saturated heterocycles. The van der Waals surface area contributed by atoms with Crippen molar-refractivity contribution in [3.05, 3.63) is 52.2 Å². The maximum absolute atomic E-state index is 13.0. The Labute approximate surface area is 277 Å². The molecule has 6 aliphatic rings. The van der Waals surface area contributed by atoms with Crippen LogP contribution in [0.25, 0.3) is 16.5 Å². The lowest BCUT2D eigenvalue weighted by Crippen LogP contribution is -2.68. The monoisotopic (exact) mass is 645 g/mol. The quantitative estimate of drug-likeness (QED) is 0.235. The number of hydrogen-bond donors (Lipinski definition) is 4. The van der Waals surface area contributed by atoms with Gasteiger partial charge in [0.25, 0.3) is 0 Å². The molecule has 0 radical (unpaired) electrons. The minimum absolute atomic E-state index is 0.132. The van der Waals surface area contributed by atoms with Crippen LogP contribution >= 0.6 is 0 Å². The lowest BCUT2D eigenvalue weighted by molar-refractivity contribution is -0.214. The molecule has 2 aliphatic heterocycles. The summed E-state index contributed by atoms with van der Waals surface area (Å²) in [6.07, 6.45) is 5.33. The Morgan fingerprint density at radius 2 is 1.81 bits per heavy atom. The molecular weight excluding hydrogens is 594 g/mol. The predicted molar refractivity (Wildman–Crippen MR) is 179 cm³/mol. The zero-order chi connectivity index (χ0) is 33.9. The number of nitrogens with one attached hydrogen (secondary N) is 1. The SMILES string of the molecule is CC(=O)O[C@H]1C=C2C(CC[C@@]3(C)[C@@]2(O)CCC2Cc4c([nH]c5cc6c(cc45)[C@@H](O)[C@H]4C6=CC(C)(C)OC4(C)C)[C@@]23C)OC1C(C)(C)O. The smallest absolute Gasteiger partial charge is 0.303 e. The van der Waals surface area contributed by atoms with E-state index < -0.39 is 52.1 Å². The summed E-state index contributed by atoms with van der Waals surface area (Å²) in [4.78, 5) is 16.1. The van der Waals surface area contributed by atoms with Gasteiger partial charge in [-0.1, -0.05) is 13.8 Å². The molecule has 47 heavy (non-hydrogen) atoms. The van der Waals surface area contributed by atoms with Crippen LogP contribution in [0, 0.1) is 17.3 Å². The van der Waals surface area contributed by atoms with Gasteiger partial charge in [0.05, 0.1) is 34.6 Å². The van der Waals surface area contributed by atoms with E-state index in [1.807, 2.05) is 6.08 Å². The highest BCUT2D eigenvalue weighted by atomic mass is 16.6. The van der Waals surface area contributed by atoms with Crippen molar-refractivity contribution in [1.29, 1.82) is 0 Å². The summed E-state index contributed by atoms with van der Waals surface area (Å²) in [7, 11) is 0. The molecule has 0 spiro atoms. The zero-order valence-corrected chi connectivity index (χ0v) is 29.3. The summed E-state index contributed by atoms with van der Waals surface area (Å²) in [5, 5.41) is 36.8. The molecule has 9 atom stereocenters. The molecular formula is C39H51NO7. The molecule has 8 rings (SSSR count). The van der Waals surface area contributed by atoms with Crippen molar-refractivity contribution in [2.45, 2.75) is 147 Å². The third-order valence-corrected chi connectivity index (χ3v) is 13.5. The molecule has 8 nitrogen and oxygen atoms in total. The van der Waals surface area contributed by atoms with E-state index in [1.165, 1.54) is 18.2 Å². The second kappa shape index (κ2) is 9.39. The minimum atomic E-state index is -1.24. The van der Waals surface area contributed by atoms with E-state index >= 15 is 0 Å². The summed E-state index contributed by atoms with van der Waals surface area (Å²) in [5.41, 5.74) is 3.28. The van der Waals surface area contributed by atoms with Crippen LogP contribution in [0.5, 0.6) is 0 Å². The normalized spacial score (nSPS) is 41.1. The molecule has 4 aliphatic carbocycles. The van der Waals surface area contributed by atoms with Gasteiger partial charge in [-0.3, -0.25) is 4.79 Å². The van der Waals surface area contributed by atoms with Crippen LogP contribution < -0.4 is 0 Å². The van der Waals surface area contributed by atoms with Crippen LogP contribution in [-0.4, -0.2) is 67.0 Å². The molecule has 2 saturated carbocycles. The molecule has 1 aromatic carbocycles. The maximum Gasteiger partial charge on any atom is 0.303 e. The van der Waals surface area contributed by atoms with E-state index in [4.69, 9.17) is 14.2 Å². The lowest BCUT2D eigenvalue weighted by Gasteiger charge is -2.65. The Kier molecular flexibility index (Phi) is 6.34. The third kappa shape index (κ3) is 4.02. The largest absolute Gasteiger partial charge is 0.455 e. The topological polar surface area (TPSA) is 121 Å². The van der Waals surface area contributed by atoms with E-state index in [1.54, 1.807) is 13.8 Å². The molecule has 3 unspecified atom stereocenters. The summed E-state index contributed by atoms with van der Waals surface area (Å²) in [6.45, 7) is 17.6. The van der Waals surface area contributed by atoms with Crippen molar-refractivity contribution in [3.63, 3.8) is 0 Å². The van der Waals surface area contributed by atoms with Gasteiger partial charge >= 0.3 is 5.97 Å². The van der Waals surface area contributed by atoms with Gasteiger partial charge in [0.2, 0.25) is 0 Å². The molecule has 0 bridgehead atoms. The second-order valence-electron chi connectivity index (χ2n) is 17.6. The van der Waals surface area contributed by atoms with Gasteiger partial charge < -0.3 is 34.5 Å². The predicted octanol–water partition coefficient (Wildman–Crippen LogP) is 5.95. The fraction of sp³-hybridized carbons (Fsp3) is 0.667. The highest BCUT2D eigenvalue weighted by Gasteiger charge is 2.70. The van der Waals surface area contributed by atoms with Gasteiger partial charge in [0.15, 0.2) is 0 Å². The summed E-state index contributed by atoms with van der Waals surface area (Å²) in [6, 6.07) is 4.46. The lowest BCUT2D eigenvalue weighted by atomic mass is 9.42. The van der Waals surface area contributed by atoms with E-state index in [0.29, 0.717) is 18.8 Å². The Hall–Kier alpha value is -2.49. The van der Waals surface area contributed by atoms with E-state index in [2.05, 4.69) is 64.7 Å². The van der Waals surface area contributed by atoms with Crippen molar-refractivity contribution in [1.82, 2.24) is 4.98 Å². The van der Waals surface area contributed by atoms with Crippen molar-refractivity contribution in [2.75, 3.05) is 0 Å². The van der Waals surface area contributed by atoms with Crippen molar-refractivity contribution >= 4 is 22.4 Å². The molecule has 3 heterocycles. The number of benzene rings is 1. The van der Waals surface area contributed by atoms with Crippen molar-refractivity contribution in [3.8, 4) is 0 Å². The average molecular weight is 646 g/mol. The Morgan fingerprint density at radius 3 is 2.49 bits per heavy atom. The van der Waals surface area contributed by atoms with E-state index in [0.717, 1.165) is 52.4 Å². The van der Waals surface area contributed by atoms with Crippen LogP contribution in [0.1, 0.15) is 116 Å². The van der Waals surface area contributed by atoms with Gasteiger partial charge in [-0.2, -0.15) is 0 Å². The van der Waals surface area contributed by atoms with Crippen molar-refractivity contribution in [2.24, 2.45) is 17.3 Å². The molecule has 0 amide bonds. The summed E-state index contributed by atoms with van der Waals surface area (Å²) in [5.74, 6) is -0.243. The first-order valence-corrected chi connectivity index (χ1v) is 17.5. The summed E-state index contributed by atoms with van der Waals surface area (Å²) < 4.78 is 18.7. The molecule has 2 aromatic rings. The van der Waals surface area contributed by atoms with Gasteiger partial charge in [-0.15, -0.1) is 0 Å². The number of aliphatic hydroxyl groups is 3. The number of aromatic amines is 1. The number of esters is 1. The number of aromatic nitrogens is 1. The standard InChI is InChI=1S/C39H51NO7/c1-19(41)45-29-17-26-28(46-33(29)35(4,5)43)11-12-37(8)38(9)20(10-13-39(26,37)44)14-24-22-15-23-21(16-27(22)40-32(24)38)25-18-34(2,3)47-36(6,7)30(25)31(23)42/h15-18,20,28-31,33,40,42-44H,10-14H2,1-9H3/t20?,28?,29-,30+,31+,33?,37+,38+,39+/m0/s1. The van der Waals surface area contributed by atoms with Gasteiger partial charge in [0.1, 0.15) is 12.2 Å². The first-order chi connectivity index (χ1) is 21.7. The third-order valence-electron chi connectivity index (χ3n) is 13.5. The van der Waals surface area contributed by atoms with Gasteiger partial charge in [-0.25, -0.2) is 0 Å². The molecule has 4 N–H and O–H groups in total. The zero-order valence-electron chi connectivity index (χ0n) is 29.3. The molecule has 8 heteroatoms. The first kappa shape index (κ1) is 31.8. The van der Waals surface area contributed by atoms with Gasteiger partial charge in [0, 0.05) is 40.3 Å². The van der Waals surface area contributed by atoms with Crippen molar-refractivity contribution < 1.29 is 34.3 Å². The van der Waals surface area contributed by atoms with Crippen LogP contribution in [0.3, 0.4) is 0 Å². The molecule has 2 fully saturated rings. The number of aliphatic hydroxyl groups excluding tert-OH is 1. The van der Waals surface area contributed by atoms with Crippen LogP contribution in [-0.2, 0) is 30.8 Å². The van der Waals surface area contributed by atoms with E-state index in [9.17, 15) is 20.1 Å². The number of carbonyl (C=O) groups excluding carboxylic acids is 1. The summed E-state index contributed by atoms with van der Waals surface area (Å²) >= 11 is 0.